The maximum Gasteiger partial charge on any atom is 0.377 e. The van der Waals surface area contributed by atoms with E-state index in [2.05, 4.69) is 10.4 Å². The highest BCUT2D eigenvalue weighted by Crippen LogP contribution is 2.59. The standard InChI is InChI=1S/C27H28ClF3N4O4S/c1-14-3-6-19(7-4-14)40(38,39)27(30,31)26(37)12-16-9-15(10-17(16)13-26)23-22(24(32)35(2)34-23)25(36)33-18-5-8-21(29)20(28)11-18/h3-8,11,15-17,37H,9-10,12-13,32H2,1-2H3,(H,33,36). The van der Waals surface area contributed by atoms with Crippen molar-refractivity contribution in [3.63, 3.8) is 0 Å². The lowest BCUT2D eigenvalue weighted by atomic mass is 9.91. The molecule has 2 aromatic carbocycles. The van der Waals surface area contributed by atoms with E-state index in [9.17, 15) is 22.7 Å². The van der Waals surface area contributed by atoms with E-state index in [0.29, 0.717) is 24.1 Å². The third-order valence-corrected chi connectivity index (χ3v) is 10.4. The molecule has 3 aromatic rings. The first-order valence-electron chi connectivity index (χ1n) is 12.6. The zero-order valence-corrected chi connectivity index (χ0v) is 23.2. The first-order valence-corrected chi connectivity index (χ1v) is 14.5. The van der Waals surface area contributed by atoms with Crippen LogP contribution >= 0.6 is 11.6 Å². The molecule has 2 unspecified atom stereocenters. The Morgan fingerprint density at radius 1 is 1.18 bits per heavy atom. The van der Waals surface area contributed by atoms with E-state index in [1.54, 1.807) is 14.0 Å². The quantitative estimate of drug-likeness (QED) is 0.365. The van der Waals surface area contributed by atoms with Gasteiger partial charge >= 0.3 is 5.25 Å². The summed E-state index contributed by atoms with van der Waals surface area (Å²) in [5.74, 6) is -2.30. The maximum atomic E-state index is 15.5. The van der Waals surface area contributed by atoms with Crippen molar-refractivity contribution in [3.8, 4) is 0 Å². The second-order valence-corrected chi connectivity index (χ2v) is 13.2. The molecule has 2 aliphatic carbocycles. The molecule has 2 atom stereocenters. The number of aryl methyl sites for hydroxylation is 2. The number of hydrogen-bond acceptors (Lipinski definition) is 6. The molecule has 2 saturated carbocycles. The van der Waals surface area contributed by atoms with Gasteiger partial charge in [0.05, 0.1) is 15.6 Å². The molecule has 214 valence electrons. The van der Waals surface area contributed by atoms with Gasteiger partial charge in [-0.15, -0.1) is 0 Å². The number of fused-ring (bicyclic) bond motifs is 1. The second-order valence-electron chi connectivity index (χ2n) is 10.8. The number of rotatable bonds is 6. The van der Waals surface area contributed by atoms with Crippen molar-refractivity contribution in [2.75, 3.05) is 11.1 Å². The predicted molar refractivity (Wildman–Crippen MR) is 143 cm³/mol. The predicted octanol–water partition coefficient (Wildman–Crippen LogP) is 5.06. The Morgan fingerprint density at radius 2 is 1.77 bits per heavy atom. The van der Waals surface area contributed by atoms with E-state index < -0.39 is 62.0 Å². The summed E-state index contributed by atoms with van der Waals surface area (Å²) in [4.78, 5) is 12.6. The second kappa shape index (κ2) is 9.78. The Kier molecular flexibility index (Phi) is 6.95. The van der Waals surface area contributed by atoms with Gasteiger partial charge in [0.2, 0.25) is 9.84 Å². The average Bonchev–Trinajstić information content (AvgIpc) is 3.51. The van der Waals surface area contributed by atoms with Gasteiger partial charge in [-0.25, -0.2) is 12.8 Å². The topological polar surface area (TPSA) is 127 Å². The highest BCUT2D eigenvalue weighted by Gasteiger charge is 2.67. The molecule has 40 heavy (non-hydrogen) atoms. The number of nitrogens with zero attached hydrogens (tertiary/aromatic N) is 2. The number of alkyl halides is 2. The molecular formula is C27H28ClF3N4O4S. The van der Waals surface area contributed by atoms with Gasteiger partial charge in [-0.05, 0) is 74.8 Å². The number of nitrogens with one attached hydrogen (secondary N) is 1. The first-order chi connectivity index (χ1) is 18.6. The Bertz CT molecular complexity index is 1580. The van der Waals surface area contributed by atoms with Crippen LogP contribution in [-0.2, 0) is 16.9 Å². The number of nitrogens with two attached hydrogens (primary N) is 1. The number of halogens is 4. The molecule has 0 aliphatic heterocycles. The van der Waals surface area contributed by atoms with Gasteiger partial charge in [0.1, 0.15) is 22.8 Å². The third-order valence-electron chi connectivity index (χ3n) is 8.16. The Morgan fingerprint density at radius 3 is 2.35 bits per heavy atom. The number of aliphatic hydroxyl groups is 1. The van der Waals surface area contributed by atoms with Crippen LogP contribution in [0.4, 0.5) is 24.7 Å². The van der Waals surface area contributed by atoms with Gasteiger partial charge in [0.25, 0.3) is 5.91 Å². The van der Waals surface area contributed by atoms with Crippen LogP contribution in [0.2, 0.25) is 5.02 Å². The van der Waals surface area contributed by atoms with E-state index in [-0.39, 0.29) is 28.0 Å². The van der Waals surface area contributed by atoms with Crippen LogP contribution < -0.4 is 11.1 Å². The molecule has 2 aliphatic rings. The summed E-state index contributed by atoms with van der Waals surface area (Å²) in [6, 6.07) is 8.80. The summed E-state index contributed by atoms with van der Waals surface area (Å²) in [5, 5.41) is 13.5. The molecule has 2 fully saturated rings. The number of nitrogen functional groups attached to an aromatic ring is 1. The van der Waals surface area contributed by atoms with Gasteiger partial charge in [-0.2, -0.15) is 13.9 Å². The molecule has 4 N–H and O–H groups in total. The van der Waals surface area contributed by atoms with Gasteiger partial charge in [-0.1, -0.05) is 29.3 Å². The number of benzene rings is 2. The van der Waals surface area contributed by atoms with Crippen molar-refractivity contribution in [2.45, 2.75) is 54.3 Å². The molecule has 1 amide bonds. The average molecular weight is 597 g/mol. The number of amides is 1. The Labute approximate surface area is 234 Å². The molecular weight excluding hydrogens is 569 g/mol. The van der Waals surface area contributed by atoms with Crippen LogP contribution in [0.3, 0.4) is 0 Å². The normalized spacial score (nSPS) is 24.7. The lowest BCUT2D eigenvalue weighted by molar-refractivity contribution is -0.126. The molecule has 1 heterocycles. The first kappa shape index (κ1) is 28.4. The summed E-state index contributed by atoms with van der Waals surface area (Å²) >= 11 is 5.81. The molecule has 0 spiro atoms. The van der Waals surface area contributed by atoms with E-state index in [4.69, 9.17) is 17.3 Å². The van der Waals surface area contributed by atoms with Gasteiger partial charge in [0.15, 0.2) is 0 Å². The summed E-state index contributed by atoms with van der Waals surface area (Å²) in [6.07, 6.45) is -0.201. The fourth-order valence-electron chi connectivity index (χ4n) is 6.08. The van der Waals surface area contributed by atoms with Gasteiger partial charge < -0.3 is 16.2 Å². The summed E-state index contributed by atoms with van der Waals surface area (Å²) in [5.41, 5.74) is 4.87. The van der Waals surface area contributed by atoms with Crippen LogP contribution in [0.5, 0.6) is 0 Å². The lowest BCUT2D eigenvalue weighted by Gasteiger charge is -2.33. The largest absolute Gasteiger partial charge is 0.383 e. The van der Waals surface area contributed by atoms with Crippen molar-refractivity contribution in [2.24, 2.45) is 18.9 Å². The van der Waals surface area contributed by atoms with Crippen molar-refractivity contribution in [1.29, 1.82) is 0 Å². The number of hydrogen-bond donors (Lipinski definition) is 3. The number of carbonyl (C=O) groups is 1. The van der Waals surface area contributed by atoms with Gasteiger partial charge in [-0.3, -0.25) is 9.48 Å². The number of sulfone groups is 1. The zero-order chi connectivity index (χ0) is 29.2. The van der Waals surface area contributed by atoms with Crippen LogP contribution in [-0.4, -0.2) is 40.1 Å². The van der Waals surface area contributed by atoms with Crippen molar-refractivity contribution < 1.29 is 31.5 Å². The zero-order valence-electron chi connectivity index (χ0n) is 21.7. The SMILES string of the molecule is Cc1ccc(S(=O)(=O)C(F)(F)C2(O)CC3CC(c4nn(C)c(N)c4C(=O)Nc4ccc(F)c(Cl)c4)CC3C2)cc1. The molecule has 0 radical (unpaired) electrons. The van der Waals surface area contributed by atoms with E-state index in [1.165, 1.54) is 28.9 Å². The maximum absolute atomic E-state index is 15.5. The minimum Gasteiger partial charge on any atom is -0.383 e. The van der Waals surface area contributed by atoms with Crippen molar-refractivity contribution in [1.82, 2.24) is 9.78 Å². The molecule has 1 aromatic heterocycles. The molecule has 8 nitrogen and oxygen atoms in total. The third kappa shape index (κ3) is 4.55. The molecule has 13 heteroatoms. The minimum atomic E-state index is -5.15. The van der Waals surface area contributed by atoms with Crippen molar-refractivity contribution >= 4 is 38.9 Å². The molecule has 0 bridgehead atoms. The fourth-order valence-corrected chi connectivity index (χ4v) is 7.72. The fraction of sp³-hybridized carbons (Fsp3) is 0.407. The van der Waals surface area contributed by atoms with Crippen molar-refractivity contribution in [3.05, 3.63) is 70.1 Å². The van der Waals surface area contributed by atoms with Crippen LogP contribution in [0.1, 0.15) is 53.2 Å². The Balaban J connectivity index is 1.36. The molecule has 0 saturated heterocycles. The summed E-state index contributed by atoms with van der Waals surface area (Å²) < 4.78 is 71.7. The van der Waals surface area contributed by atoms with Crippen LogP contribution in [0.25, 0.3) is 0 Å². The highest BCUT2D eigenvalue weighted by molar-refractivity contribution is 7.92. The van der Waals surface area contributed by atoms with E-state index >= 15 is 8.78 Å². The van der Waals surface area contributed by atoms with E-state index in [0.717, 1.165) is 18.2 Å². The highest BCUT2D eigenvalue weighted by atomic mass is 35.5. The number of carbonyl (C=O) groups excluding carboxylic acids is 1. The number of anilines is 2. The summed E-state index contributed by atoms with van der Waals surface area (Å²) in [6.45, 7) is 1.71. The van der Waals surface area contributed by atoms with E-state index in [1.807, 2.05) is 0 Å². The summed E-state index contributed by atoms with van der Waals surface area (Å²) in [7, 11) is -3.59. The smallest absolute Gasteiger partial charge is 0.377 e. The monoisotopic (exact) mass is 596 g/mol. The molecule has 5 rings (SSSR count). The number of aromatic nitrogens is 2. The minimum absolute atomic E-state index is 0.0880. The Hall–Kier alpha value is -3.09. The lowest BCUT2D eigenvalue weighted by Crippen LogP contribution is -2.51. The van der Waals surface area contributed by atoms with Crippen LogP contribution in [0, 0.1) is 24.6 Å². The van der Waals surface area contributed by atoms with Crippen LogP contribution in [0.15, 0.2) is 47.4 Å². The van der Waals surface area contributed by atoms with Gasteiger partial charge in [0, 0.05) is 18.7 Å².